The van der Waals surface area contributed by atoms with Crippen molar-refractivity contribution in [3.05, 3.63) is 28.8 Å². The summed E-state index contributed by atoms with van der Waals surface area (Å²) in [6.07, 6.45) is 3.22. The van der Waals surface area contributed by atoms with Crippen molar-refractivity contribution < 1.29 is 0 Å². The van der Waals surface area contributed by atoms with Gasteiger partial charge in [0.05, 0.1) is 0 Å². The normalized spacial score (nSPS) is 10.1. The maximum absolute atomic E-state index is 5.89. The number of hydrogen-bond donors (Lipinski definition) is 2. The second-order valence-corrected chi connectivity index (χ2v) is 5.52. The molecule has 0 radical (unpaired) electrons. The molecule has 0 saturated carbocycles. The van der Waals surface area contributed by atoms with Gasteiger partial charge in [-0.15, -0.1) is 0 Å². The maximum atomic E-state index is 5.89. The van der Waals surface area contributed by atoms with Crippen LogP contribution in [0.25, 0.3) is 0 Å². The van der Waals surface area contributed by atoms with E-state index in [0.29, 0.717) is 5.11 Å². The van der Waals surface area contributed by atoms with Gasteiger partial charge in [0, 0.05) is 17.3 Å². The van der Waals surface area contributed by atoms with Crippen LogP contribution in [0.2, 0.25) is 5.02 Å². The monoisotopic (exact) mass is 288 g/mol. The molecule has 0 aliphatic rings. The molecule has 0 heterocycles. The summed E-state index contributed by atoms with van der Waals surface area (Å²) in [7, 11) is 0. The first kappa shape index (κ1) is 14.6. The lowest BCUT2D eigenvalue weighted by Gasteiger charge is -2.12. The van der Waals surface area contributed by atoms with Crippen molar-refractivity contribution in [2.75, 3.05) is 23.9 Å². The van der Waals surface area contributed by atoms with Crippen molar-refractivity contribution in [1.29, 1.82) is 0 Å². The number of thiocarbonyl (C=S) groups is 1. The van der Waals surface area contributed by atoms with Gasteiger partial charge in [0.15, 0.2) is 5.11 Å². The molecule has 0 unspecified atom stereocenters. The fourth-order valence-corrected chi connectivity index (χ4v) is 2.22. The molecule has 0 aliphatic carbocycles. The molecule has 94 valence electrons. The second kappa shape index (κ2) is 7.80. The van der Waals surface area contributed by atoms with Crippen LogP contribution >= 0.6 is 35.6 Å². The first-order chi connectivity index (χ1) is 8.13. The van der Waals surface area contributed by atoms with Crippen LogP contribution in [0.3, 0.4) is 0 Å². The molecule has 0 aromatic heterocycles. The van der Waals surface area contributed by atoms with Crippen LogP contribution in [0, 0.1) is 6.92 Å². The molecule has 1 aromatic rings. The van der Waals surface area contributed by atoms with E-state index in [1.807, 2.05) is 36.9 Å². The number of rotatable bonds is 5. The summed E-state index contributed by atoms with van der Waals surface area (Å²) in [6, 6.07) is 5.71. The first-order valence-corrected chi connectivity index (χ1v) is 7.61. The average Bonchev–Trinajstić information content (AvgIpc) is 2.28. The number of anilines is 1. The van der Waals surface area contributed by atoms with Crippen LogP contribution in [0.15, 0.2) is 18.2 Å². The summed E-state index contributed by atoms with van der Waals surface area (Å²) in [5.41, 5.74) is 2.09. The SMILES string of the molecule is CSCCCNC(=S)Nc1ccc(Cl)cc1C. The molecular formula is C12H17ClN2S2. The molecule has 2 N–H and O–H groups in total. The topological polar surface area (TPSA) is 24.1 Å². The van der Waals surface area contributed by atoms with Crippen LogP contribution < -0.4 is 10.6 Å². The highest BCUT2D eigenvalue weighted by molar-refractivity contribution is 7.98. The van der Waals surface area contributed by atoms with Gasteiger partial charge in [-0.3, -0.25) is 0 Å². The van der Waals surface area contributed by atoms with Gasteiger partial charge in [0.25, 0.3) is 0 Å². The molecule has 1 rings (SSSR count). The van der Waals surface area contributed by atoms with E-state index in [-0.39, 0.29) is 0 Å². The summed E-state index contributed by atoms with van der Waals surface area (Å²) in [5.74, 6) is 1.15. The minimum atomic E-state index is 0.663. The Balaban J connectivity index is 2.40. The van der Waals surface area contributed by atoms with E-state index in [2.05, 4.69) is 16.9 Å². The van der Waals surface area contributed by atoms with Crippen molar-refractivity contribution in [3.8, 4) is 0 Å². The van der Waals surface area contributed by atoms with Crippen LogP contribution in [0.1, 0.15) is 12.0 Å². The molecule has 0 saturated heterocycles. The smallest absolute Gasteiger partial charge is 0.170 e. The van der Waals surface area contributed by atoms with Crippen LogP contribution in [0.5, 0.6) is 0 Å². The van der Waals surface area contributed by atoms with Crippen molar-refractivity contribution in [1.82, 2.24) is 5.32 Å². The van der Waals surface area contributed by atoms with Gasteiger partial charge >= 0.3 is 0 Å². The average molecular weight is 289 g/mol. The van der Waals surface area contributed by atoms with Crippen molar-refractivity contribution in [2.24, 2.45) is 0 Å². The number of benzene rings is 1. The van der Waals surface area contributed by atoms with E-state index >= 15 is 0 Å². The third-order valence-electron chi connectivity index (χ3n) is 2.25. The van der Waals surface area contributed by atoms with Gasteiger partial charge in [-0.1, -0.05) is 11.6 Å². The molecule has 0 amide bonds. The van der Waals surface area contributed by atoms with Crippen molar-refractivity contribution in [2.45, 2.75) is 13.3 Å². The third kappa shape index (κ3) is 5.61. The Kier molecular flexibility index (Phi) is 6.70. The molecule has 0 fully saturated rings. The Morgan fingerprint density at radius 1 is 1.47 bits per heavy atom. The van der Waals surface area contributed by atoms with E-state index in [4.69, 9.17) is 23.8 Å². The van der Waals surface area contributed by atoms with Crippen LogP contribution in [-0.4, -0.2) is 23.7 Å². The second-order valence-electron chi connectivity index (χ2n) is 3.69. The largest absolute Gasteiger partial charge is 0.362 e. The molecule has 1 aromatic carbocycles. The van der Waals surface area contributed by atoms with Gasteiger partial charge in [0.2, 0.25) is 0 Å². The Hall–Kier alpha value is -0.450. The first-order valence-electron chi connectivity index (χ1n) is 5.43. The standard InChI is InChI=1S/C12H17ClN2S2/c1-9-8-10(13)4-5-11(9)15-12(16)14-6-3-7-17-2/h4-5,8H,3,6-7H2,1-2H3,(H2,14,15,16). The van der Waals surface area contributed by atoms with E-state index in [0.717, 1.165) is 35.0 Å². The number of halogens is 1. The van der Waals surface area contributed by atoms with E-state index in [9.17, 15) is 0 Å². The quantitative estimate of drug-likeness (QED) is 0.637. The van der Waals surface area contributed by atoms with Gasteiger partial charge in [-0.25, -0.2) is 0 Å². The number of aryl methyl sites for hydroxylation is 1. The van der Waals surface area contributed by atoms with Gasteiger partial charge in [-0.2, -0.15) is 11.8 Å². The number of hydrogen-bond acceptors (Lipinski definition) is 2. The molecule has 0 aliphatic heterocycles. The fraction of sp³-hybridized carbons (Fsp3) is 0.417. The fourth-order valence-electron chi connectivity index (χ4n) is 1.35. The summed E-state index contributed by atoms with van der Waals surface area (Å²) >= 11 is 13.0. The predicted octanol–water partition coefficient (Wildman–Crippen LogP) is 3.69. The zero-order chi connectivity index (χ0) is 12.7. The minimum Gasteiger partial charge on any atom is -0.362 e. The van der Waals surface area contributed by atoms with E-state index in [1.54, 1.807) is 0 Å². The van der Waals surface area contributed by atoms with Gasteiger partial charge < -0.3 is 10.6 Å². The highest BCUT2D eigenvalue weighted by Gasteiger charge is 2.01. The zero-order valence-electron chi connectivity index (χ0n) is 10.0. The van der Waals surface area contributed by atoms with Gasteiger partial charge in [-0.05, 0) is 61.3 Å². The Morgan fingerprint density at radius 2 is 2.24 bits per heavy atom. The maximum Gasteiger partial charge on any atom is 0.170 e. The molecular weight excluding hydrogens is 272 g/mol. The lowest BCUT2D eigenvalue weighted by molar-refractivity contribution is 0.855. The highest BCUT2D eigenvalue weighted by Crippen LogP contribution is 2.19. The van der Waals surface area contributed by atoms with Crippen molar-refractivity contribution in [3.63, 3.8) is 0 Å². The number of nitrogens with one attached hydrogen (secondary N) is 2. The lowest BCUT2D eigenvalue weighted by atomic mass is 10.2. The Bertz CT molecular complexity index is 383. The zero-order valence-corrected chi connectivity index (χ0v) is 12.4. The van der Waals surface area contributed by atoms with Crippen molar-refractivity contribution >= 4 is 46.4 Å². The molecule has 2 nitrogen and oxygen atoms in total. The lowest BCUT2D eigenvalue weighted by Crippen LogP contribution is -2.29. The summed E-state index contributed by atoms with van der Waals surface area (Å²) in [5, 5.41) is 7.76. The van der Waals surface area contributed by atoms with Crippen LogP contribution in [0.4, 0.5) is 5.69 Å². The highest BCUT2D eigenvalue weighted by atomic mass is 35.5. The minimum absolute atomic E-state index is 0.663. The van der Waals surface area contributed by atoms with Gasteiger partial charge in [0.1, 0.15) is 0 Å². The molecule has 0 spiro atoms. The molecule has 0 bridgehead atoms. The summed E-state index contributed by atoms with van der Waals surface area (Å²) in [4.78, 5) is 0. The van der Waals surface area contributed by atoms with E-state index in [1.165, 1.54) is 0 Å². The van der Waals surface area contributed by atoms with E-state index < -0.39 is 0 Å². The molecule has 0 atom stereocenters. The summed E-state index contributed by atoms with van der Waals surface area (Å²) < 4.78 is 0. The third-order valence-corrected chi connectivity index (χ3v) is 3.43. The van der Waals surface area contributed by atoms with Crippen LogP contribution in [-0.2, 0) is 0 Å². The molecule has 17 heavy (non-hydrogen) atoms. The Morgan fingerprint density at radius 3 is 2.88 bits per heavy atom. The predicted molar refractivity (Wildman–Crippen MR) is 83.4 cm³/mol. The summed E-state index contributed by atoms with van der Waals surface area (Å²) in [6.45, 7) is 2.91. The molecule has 5 heteroatoms. The Labute approximate surface area is 118 Å². The number of thioether (sulfide) groups is 1.